The van der Waals surface area contributed by atoms with E-state index < -0.39 is 17.4 Å². The summed E-state index contributed by atoms with van der Waals surface area (Å²) >= 11 is 0. The summed E-state index contributed by atoms with van der Waals surface area (Å²) in [6.45, 7) is 0. The molecule has 0 heterocycles. The van der Waals surface area contributed by atoms with Gasteiger partial charge in [0, 0.05) is 0 Å². The number of carbonyl (C=O) groups excluding carboxylic acids is 2. The third-order valence-corrected chi connectivity index (χ3v) is 4.07. The first kappa shape index (κ1) is 15.3. The smallest absolute Gasteiger partial charge is 0.323 e. The Kier molecular flexibility index (Phi) is 4.78. The predicted octanol–water partition coefficient (Wildman–Crippen LogP) is 2.83. The number of carbonyl (C=O) groups is 2. The number of ether oxygens (including phenoxy) is 2. The molecule has 112 valence electrons. The minimum atomic E-state index is -1.14. The van der Waals surface area contributed by atoms with Gasteiger partial charge in [-0.15, -0.1) is 0 Å². The molecule has 1 unspecified atom stereocenters. The van der Waals surface area contributed by atoms with Crippen molar-refractivity contribution in [1.82, 2.24) is 0 Å². The molecule has 0 aromatic heterocycles. The first-order chi connectivity index (χ1) is 10.1. The van der Waals surface area contributed by atoms with Gasteiger partial charge in [-0.25, -0.2) is 0 Å². The molecule has 1 aliphatic carbocycles. The molecular formula is C17H20O4. The highest BCUT2D eigenvalue weighted by Gasteiger charge is 2.52. The van der Waals surface area contributed by atoms with E-state index in [2.05, 4.69) is 6.08 Å². The molecule has 0 spiro atoms. The van der Waals surface area contributed by atoms with Crippen LogP contribution in [0.3, 0.4) is 0 Å². The first-order valence-corrected chi connectivity index (χ1v) is 7.02. The van der Waals surface area contributed by atoms with Crippen molar-refractivity contribution in [2.45, 2.75) is 19.3 Å². The van der Waals surface area contributed by atoms with E-state index >= 15 is 0 Å². The lowest BCUT2D eigenvalue weighted by Gasteiger charge is -2.22. The Labute approximate surface area is 124 Å². The van der Waals surface area contributed by atoms with Crippen molar-refractivity contribution in [3.05, 3.63) is 42.0 Å². The molecule has 0 bridgehead atoms. The maximum Gasteiger partial charge on any atom is 0.323 e. The Morgan fingerprint density at radius 3 is 2.33 bits per heavy atom. The van der Waals surface area contributed by atoms with E-state index in [1.54, 1.807) is 0 Å². The van der Waals surface area contributed by atoms with E-state index in [9.17, 15) is 9.59 Å². The Morgan fingerprint density at radius 1 is 1.14 bits per heavy atom. The number of rotatable bonds is 4. The molecule has 1 atom stereocenters. The van der Waals surface area contributed by atoms with Gasteiger partial charge in [0.1, 0.15) is 0 Å². The summed E-state index contributed by atoms with van der Waals surface area (Å²) in [7, 11) is 2.61. The van der Waals surface area contributed by atoms with E-state index in [1.165, 1.54) is 14.2 Å². The van der Waals surface area contributed by atoms with Crippen molar-refractivity contribution in [2.75, 3.05) is 14.2 Å². The van der Waals surface area contributed by atoms with Gasteiger partial charge >= 0.3 is 11.9 Å². The van der Waals surface area contributed by atoms with Crippen molar-refractivity contribution in [2.24, 2.45) is 11.3 Å². The van der Waals surface area contributed by atoms with Crippen LogP contribution in [0.25, 0.3) is 6.08 Å². The van der Waals surface area contributed by atoms with Crippen LogP contribution < -0.4 is 0 Å². The molecule has 1 aromatic rings. The maximum atomic E-state index is 12.0. The van der Waals surface area contributed by atoms with Crippen LogP contribution in [-0.2, 0) is 19.1 Å². The molecule has 4 nitrogen and oxygen atoms in total. The zero-order valence-electron chi connectivity index (χ0n) is 12.4. The van der Waals surface area contributed by atoms with Gasteiger partial charge in [0.2, 0.25) is 0 Å². The highest BCUT2D eigenvalue weighted by Crippen LogP contribution is 2.44. The lowest BCUT2D eigenvalue weighted by Crippen LogP contribution is -2.39. The highest BCUT2D eigenvalue weighted by atomic mass is 16.5. The minimum Gasteiger partial charge on any atom is -0.468 e. The summed E-state index contributed by atoms with van der Waals surface area (Å²) in [5.41, 5.74) is -0.0408. The van der Waals surface area contributed by atoms with Crippen LogP contribution in [0.5, 0.6) is 0 Å². The number of hydrogen-bond donors (Lipinski definition) is 0. The van der Waals surface area contributed by atoms with Gasteiger partial charge in [-0.05, 0) is 30.7 Å². The second-order valence-corrected chi connectivity index (χ2v) is 5.34. The summed E-state index contributed by atoms with van der Waals surface area (Å²) in [5, 5.41) is 0. The number of hydrogen-bond acceptors (Lipinski definition) is 4. The van der Waals surface area contributed by atoms with Gasteiger partial charge in [0.15, 0.2) is 5.41 Å². The second kappa shape index (κ2) is 6.57. The van der Waals surface area contributed by atoms with Gasteiger partial charge in [-0.1, -0.05) is 42.5 Å². The summed E-state index contributed by atoms with van der Waals surface area (Å²) in [4.78, 5) is 24.0. The van der Waals surface area contributed by atoms with E-state index in [0.717, 1.165) is 12.0 Å². The van der Waals surface area contributed by atoms with Crippen LogP contribution in [0.2, 0.25) is 0 Å². The van der Waals surface area contributed by atoms with Crippen molar-refractivity contribution in [1.29, 1.82) is 0 Å². The largest absolute Gasteiger partial charge is 0.468 e. The SMILES string of the molecule is COC(=O)C1(C(=O)OC)CCC(/C=C/c2ccccc2)C1. The van der Waals surface area contributed by atoms with Crippen LogP contribution in [0.1, 0.15) is 24.8 Å². The van der Waals surface area contributed by atoms with Crippen molar-refractivity contribution in [3.63, 3.8) is 0 Å². The molecule has 0 aliphatic heterocycles. The molecule has 4 heteroatoms. The summed E-state index contributed by atoms with van der Waals surface area (Å²) in [5.74, 6) is -0.821. The van der Waals surface area contributed by atoms with Crippen molar-refractivity contribution < 1.29 is 19.1 Å². The lowest BCUT2D eigenvalue weighted by atomic mass is 9.85. The number of esters is 2. The average Bonchev–Trinajstić information content (AvgIpc) is 2.98. The Hall–Kier alpha value is -2.10. The van der Waals surface area contributed by atoms with E-state index in [-0.39, 0.29) is 5.92 Å². The number of allylic oxidation sites excluding steroid dienone is 1. The number of methoxy groups -OCH3 is 2. The summed E-state index contributed by atoms with van der Waals surface area (Å²) in [6, 6.07) is 9.94. The van der Waals surface area contributed by atoms with E-state index in [0.29, 0.717) is 12.8 Å². The van der Waals surface area contributed by atoms with Crippen molar-refractivity contribution >= 4 is 18.0 Å². The van der Waals surface area contributed by atoms with Crippen LogP contribution in [0, 0.1) is 11.3 Å². The molecule has 1 aliphatic rings. The molecule has 0 radical (unpaired) electrons. The topological polar surface area (TPSA) is 52.6 Å². The minimum absolute atomic E-state index is 0.170. The van der Waals surface area contributed by atoms with E-state index in [1.807, 2.05) is 36.4 Å². The van der Waals surface area contributed by atoms with Crippen LogP contribution in [0.15, 0.2) is 36.4 Å². The fourth-order valence-electron chi connectivity index (χ4n) is 2.90. The van der Waals surface area contributed by atoms with Gasteiger partial charge < -0.3 is 9.47 Å². The third kappa shape index (κ3) is 3.15. The van der Waals surface area contributed by atoms with Crippen molar-refractivity contribution in [3.8, 4) is 0 Å². The average molecular weight is 288 g/mol. The molecule has 21 heavy (non-hydrogen) atoms. The third-order valence-electron chi connectivity index (χ3n) is 4.07. The summed E-state index contributed by atoms with van der Waals surface area (Å²) < 4.78 is 9.62. The fraction of sp³-hybridized carbons (Fsp3) is 0.412. The predicted molar refractivity (Wildman–Crippen MR) is 79.3 cm³/mol. The first-order valence-electron chi connectivity index (χ1n) is 7.02. The monoisotopic (exact) mass is 288 g/mol. The quantitative estimate of drug-likeness (QED) is 0.631. The van der Waals surface area contributed by atoms with Gasteiger partial charge in [0.05, 0.1) is 14.2 Å². The standard InChI is InChI=1S/C17H20O4/c1-20-15(18)17(16(19)21-2)11-10-14(12-17)9-8-13-6-4-3-5-7-13/h3-9,14H,10-12H2,1-2H3/b9-8+. The molecular weight excluding hydrogens is 268 g/mol. The Balaban J connectivity index is 2.12. The fourth-order valence-corrected chi connectivity index (χ4v) is 2.90. The Morgan fingerprint density at radius 2 is 1.76 bits per heavy atom. The zero-order chi connectivity index (χ0) is 15.3. The maximum absolute atomic E-state index is 12.0. The highest BCUT2D eigenvalue weighted by molar-refractivity contribution is 6.00. The molecule has 1 saturated carbocycles. The molecule has 1 fully saturated rings. The molecule has 0 saturated heterocycles. The molecule has 0 amide bonds. The van der Waals surface area contributed by atoms with Crippen LogP contribution >= 0.6 is 0 Å². The second-order valence-electron chi connectivity index (χ2n) is 5.34. The summed E-state index contributed by atoms with van der Waals surface area (Å²) in [6.07, 6.45) is 5.76. The molecule has 2 rings (SSSR count). The zero-order valence-corrected chi connectivity index (χ0v) is 12.4. The molecule has 1 aromatic carbocycles. The van der Waals surface area contributed by atoms with Gasteiger partial charge in [0.25, 0.3) is 0 Å². The normalized spacial score (nSPS) is 20.4. The van der Waals surface area contributed by atoms with Crippen LogP contribution in [0.4, 0.5) is 0 Å². The number of benzene rings is 1. The lowest BCUT2D eigenvalue weighted by molar-refractivity contribution is -0.168. The van der Waals surface area contributed by atoms with Crippen LogP contribution in [-0.4, -0.2) is 26.2 Å². The molecule has 0 N–H and O–H groups in total. The van der Waals surface area contributed by atoms with Gasteiger partial charge in [-0.3, -0.25) is 9.59 Å². The Bertz CT molecular complexity index is 517. The van der Waals surface area contributed by atoms with Gasteiger partial charge in [-0.2, -0.15) is 0 Å². The van der Waals surface area contributed by atoms with E-state index in [4.69, 9.17) is 9.47 Å².